The lowest BCUT2D eigenvalue weighted by Crippen LogP contribution is -2.48. The molecule has 114 valence electrons. The summed E-state index contributed by atoms with van der Waals surface area (Å²) < 4.78 is 5.46. The average molecular weight is 281 g/mol. The van der Waals surface area contributed by atoms with Crippen LogP contribution in [-0.4, -0.2) is 35.0 Å². The molecule has 0 aromatic rings. The Hall–Kier alpha value is -1.06. The Balaban J connectivity index is 2.07. The fourth-order valence-electron chi connectivity index (χ4n) is 3.34. The lowest BCUT2D eigenvalue weighted by atomic mass is 9.87. The van der Waals surface area contributed by atoms with Crippen molar-refractivity contribution in [3.05, 3.63) is 0 Å². The van der Waals surface area contributed by atoms with Crippen LogP contribution in [0.4, 0.5) is 0 Å². The molecule has 0 N–H and O–H groups in total. The van der Waals surface area contributed by atoms with Gasteiger partial charge in [0, 0.05) is 12.0 Å². The molecule has 2 fully saturated rings. The van der Waals surface area contributed by atoms with Gasteiger partial charge in [0.25, 0.3) is 0 Å². The molecular formula is C16H27NO3. The van der Waals surface area contributed by atoms with Crippen molar-refractivity contribution < 1.29 is 14.3 Å². The number of nitrogens with zero attached hydrogens (tertiary/aromatic N) is 1. The van der Waals surface area contributed by atoms with Crippen molar-refractivity contribution in [2.45, 2.75) is 77.9 Å². The van der Waals surface area contributed by atoms with Crippen LogP contribution in [0.2, 0.25) is 0 Å². The summed E-state index contributed by atoms with van der Waals surface area (Å²) in [5.74, 6) is -0.0895. The maximum absolute atomic E-state index is 12.8. The highest BCUT2D eigenvalue weighted by molar-refractivity contribution is 5.88. The van der Waals surface area contributed by atoms with Gasteiger partial charge in [0.05, 0.1) is 0 Å². The van der Waals surface area contributed by atoms with Crippen LogP contribution in [0.3, 0.4) is 0 Å². The SMILES string of the molecule is CC(C)(C)OC(=O)[C@@H]1CCCN1C(=O)C1(C)CCCC1. The summed E-state index contributed by atoms with van der Waals surface area (Å²) in [5, 5.41) is 0. The molecule has 1 aliphatic heterocycles. The monoisotopic (exact) mass is 281 g/mol. The number of ether oxygens (including phenoxy) is 1. The number of hydrogen-bond acceptors (Lipinski definition) is 3. The molecule has 2 rings (SSSR count). The Bertz CT molecular complexity index is 391. The second-order valence-corrected chi connectivity index (χ2v) is 7.46. The number of carbonyl (C=O) groups is 2. The summed E-state index contributed by atoms with van der Waals surface area (Å²) in [7, 11) is 0. The van der Waals surface area contributed by atoms with Crippen molar-refractivity contribution in [3.8, 4) is 0 Å². The van der Waals surface area contributed by atoms with Crippen LogP contribution in [-0.2, 0) is 14.3 Å². The van der Waals surface area contributed by atoms with E-state index in [9.17, 15) is 9.59 Å². The van der Waals surface area contributed by atoms with Crippen LogP contribution >= 0.6 is 0 Å². The highest BCUT2D eigenvalue weighted by Crippen LogP contribution is 2.40. The molecular weight excluding hydrogens is 254 g/mol. The van der Waals surface area contributed by atoms with Gasteiger partial charge in [-0.3, -0.25) is 4.79 Å². The minimum absolute atomic E-state index is 0.156. The Morgan fingerprint density at radius 2 is 1.75 bits per heavy atom. The van der Waals surface area contributed by atoms with Gasteiger partial charge in [-0.15, -0.1) is 0 Å². The number of amides is 1. The normalized spacial score (nSPS) is 25.8. The zero-order valence-electron chi connectivity index (χ0n) is 13.2. The van der Waals surface area contributed by atoms with Crippen molar-refractivity contribution in [2.24, 2.45) is 5.41 Å². The maximum atomic E-state index is 12.8. The third-order valence-corrected chi connectivity index (χ3v) is 4.42. The van der Waals surface area contributed by atoms with Crippen LogP contribution < -0.4 is 0 Å². The Labute approximate surface area is 121 Å². The van der Waals surface area contributed by atoms with Gasteiger partial charge in [-0.25, -0.2) is 4.79 Å². The third-order valence-electron chi connectivity index (χ3n) is 4.42. The van der Waals surface area contributed by atoms with E-state index in [4.69, 9.17) is 4.74 Å². The van der Waals surface area contributed by atoms with Gasteiger partial charge in [-0.05, 0) is 46.5 Å². The van der Waals surface area contributed by atoms with Crippen LogP contribution in [0.5, 0.6) is 0 Å². The second kappa shape index (κ2) is 5.38. The predicted octanol–water partition coefficient (Wildman–Crippen LogP) is 2.90. The first-order valence-corrected chi connectivity index (χ1v) is 7.77. The van der Waals surface area contributed by atoms with Gasteiger partial charge in [0.15, 0.2) is 0 Å². The predicted molar refractivity (Wildman–Crippen MR) is 77.2 cm³/mol. The summed E-state index contributed by atoms with van der Waals surface area (Å²) in [6, 6.07) is -0.376. The highest BCUT2D eigenvalue weighted by atomic mass is 16.6. The topological polar surface area (TPSA) is 46.6 Å². The van der Waals surface area contributed by atoms with Gasteiger partial charge in [0.2, 0.25) is 5.91 Å². The molecule has 1 saturated heterocycles. The first-order chi connectivity index (χ1) is 9.23. The van der Waals surface area contributed by atoms with Gasteiger partial charge in [0.1, 0.15) is 11.6 Å². The molecule has 1 atom stereocenters. The van der Waals surface area contributed by atoms with E-state index in [2.05, 4.69) is 0 Å². The van der Waals surface area contributed by atoms with E-state index in [1.807, 2.05) is 27.7 Å². The quantitative estimate of drug-likeness (QED) is 0.731. The van der Waals surface area contributed by atoms with Crippen LogP contribution in [0.25, 0.3) is 0 Å². The number of hydrogen-bond donors (Lipinski definition) is 0. The summed E-state index contributed by atoms with van der Waals surface area (Å²) in [4.78, 5) is 26.8. The van der Waals surface area contributed by atoms with Gasteiger partial charge < -0.3 is 9.64 Å². The van der Waals surface area contributed by atoms with Gasteiger partial charge in [-0.1, -0.05) is 19.8 Å². The fourth-order valence-corrected chi connectivity index (χ4v) is 3.34. The van der Waals surface area contributed by atoms with Crippen molar-refractivity contribution in [1.29, 1.82) is 0 Å². The lowest BCUT2D eigenvalue weighted by molar-refractivity contribution is -0.165. The van der Waals surface area contributed by atoms with E-state index in [0.29, 0.717) is 6.54 Å². The number of likely N-dealkylation sites (tertiary alicyclic amines) is 1. The van der Waals surface area contributed by atoms with Crippen LogP contribution in [0, 0.1) is 5.41 Å². The maximum Gasteiger partial charge on any atom is 0.329 e. The molecule has 20 heavy (non-hydrogen) atoms. The van der Waals surface area contributed by atoms with Crippen LogP contribution in [0.15, 0.2) is 0 Å². The van der Waals surface area contributed by atoms with E-state index < -0.39 is 5.60 Å². The van der Waals surface area contributed by atoms with Crippen molar-refractivity contribution >= 4 is 11.9 Å². The van der Waals surface area contributed by atoms with Crippen LogP contribution in [0.1, 0.15) is 66.2 Å². The van der Waals surface area contributed by atoms with Gasteiger partial charge >= 0.3 is 5.97 Å². The first kappa shape index (κ1) is 15.3. The molecule has 1 saturated carbocycles. The summed E-state index contributed by atoms with van der Waals surface area (Å²) in [6.45, 7) is 8.34. The molecule has 1 amide bonds. The largest absolute Gasteiger partial charge is 0.458 e. The Kier molecular flexibility index (Phi) is 4.12. The highest BCUT2D eigenvalue weighted by Gasteiger charge is 2.45. The van der Waals surface area contributed by atoms with Crippen molar-refractivity contribution in [1.82, 2.24) is 4.90 Å². The molecule has 1 aliphatic carbocycles. The minimum atomic E-state index is -0.494. The smallest absolute Gasteiger partial charge is 0.329 e. The molecule has 0 bridgehead atoms. The van der Waals surface area contributed by atoms with Crippen molar-refractivity contribution in [3.63, 3.8) is 0 Å². The van der Waals surface area contributed by atoms with E-state index in [-0.39, 0.29) is 23.3 Å². The Morgan fingerprint density at radius 3 is 2.30 bits per heavy atom. The fraction of sp³-hybridized carbons (Fsp3) is 0.875. The molecule has 4 heteroatoms. The summed E-state index contributed by atoms with van der Waals surface area (Å²) in [6.07, 6.45) is 5.76. The zero-order chi connectivity index (χ0) is 15.0. The van der Waals surface area contributed by atoms with E-state index in [1.54, 1.807) is 4.90 Å². The Morgan fingerprint density at radius 1 is 1.15 bits per heavy atom. The molecule has 0 radical (unpaired) electrons. The zero-order valence-corrected chi connectivity index (χ0v) is 13.2. The average Bonchev–Trinajstić information content (AvgIpc) is 2.94. The molecule has 0 unspecified atom stereocenters. The molecule has 2 aliphatic rings. The van der Waals surface area contributed by atoms with Gasteiger partial charge in [-0.2, -0.15) is 0 Å². The molecule has 1 heterocycles. The number of carbonyl (C=O) groups excluding carboxylic acids is 2. The number of rotatable bonds is 2. The summed E-state index contributed by atoms with van der Waals surface area (Å²) >= 11 is 0. The molecule has 0 spiro atoms. The summed E-state index contributed by atoms with van der Waals surface area (Å²) in [5.41, 5.74) is -0.754. The first-order valence-electron chi connectivity index (χ1n) is 7.77. The molecule has 0 aromatic heterocycles. The van der Waals surface area contributed by atoms with E-state index in [1.165, 1.54) is 0 Å². The number of esters is 1. The third kappa shape index (κ3) is 3.15. The second-order valence-electron chi connectivity index (χ2n) is 7.46. The standard InChI is InChI=1S/C16H27NO3/c1-15(2,3)20-13(18)12-8-7-11-17(12)14(19)16(4)9-5-6-10-16/h12H,5-11H2,1-4H3/t12-/m0/s1. The van der Waals surface area contributed by atoms with Crippen molar-refractivity contribution in [2.75, 3.05) is 6.54 Å². The molecule has 0 aromatic carbocycles. The minimum Gasteiger partial charge on any atom is -0.458 e. The molecule has 4 nitrogen and oxygen atoms in total. The lowest BCUT2D eigenvalue weighted by Gasteiger charge is -2.33. The van der Waals surface area contributed by atoms with E-state index >= 15 is 0 Å². The van der Waals surface area contributed by atoms with E-state index in [0.717, 1.165) is 38.5 Å².